The van der Waals surface area contributed by atoms with Gasteiger partial charge in [-0.1, -0.05) is 13.8 Å². The van der Waals surface area contributed by atoms with Crippen molar-refractivity contribution < 1.29 is 36.0 Å². The Morgan fingerprint density at radius 1 is 1.29 bits per heavy atom. The van der Waals surface area contributed by atoms with E-state index in [-0.39, 0.29) is 32.1 Å². The molecule has 2 heterocycles. The lowest BCUT2D eigenvalue weighted by Crippen LogP contribution is -2.47. The van der Waals surface area contributed by atoms with Gasteiger partial charge in [0.05, 0.1) is 19.3 Å². The van der Waals surface area contributed by atoms with E-state index in [4.69, 9.17) is 18.9 Å². The molecule has 0 saturated carbocycles. The molecule has 2 aliphatic heterocycles. The lowest BCUT2D eigenvalue weighted by Gasteiger charge is -2.27. The molecule has 0 aromatic heterocycles. The molecule has 2 unspecified atom stereocenters. The molecule has 28 heavy (non-hydrogen) atoms. The van der Waals surface area contributed by atoms with Crippen molar-refractivity contribution in [2.75, 3.05) is 19.8 Å². The Bertz CT molecular complexity index is 723. The average molecular weight is 421 g/mol. The van der Waals surface area contributed by atoms with Crippen molar-refractivity contribution in [3.05, 3.63) is 0 Å². The van der Waals surface area contributed by atoms with Crippen LogP contribution in [0.2, 0.25) is 0 Å². The summed E-state index contributed by atoms with van der Waals surface area (Å²) in [5, 5.41) is 0.726. The topological polar surface area (TPSA) is 146 Å². The van der Waals surface area contributed by atoms with Crippen LogP contribution in [0.4, 0.5) is 4.79 Å². The van der Waals surface area contributed by atoms with E-state index < -0.39 is 39.8 Å². The number of rotatable bonds is 10. The van der Waals surface area contributed by atoms with E-state index >= 15 is 0 Å². The normalized spacial score (nSPS) is 22.5. The lowest BCUT2D eigenvalue weighted by atomic mass is 9.89. The number of urea groups is 1. The standard InChI is InChI=1S/C16H27N3O8S/c1-4-25-13(20)7-8-16(2,3)10-26-28(23,24)27-19-11-5-6-12(14(17)21)18(9-11)15(19)22/h11-12H,4-10H2,1-3H3,(H2,17,21). The molecule has 2 saturated heterocycles. The van der Waals surface area contributed by atoms with Crippen LogP contribution in [0.3, 0.4) is 0 Å². The van der Waals surface area contributed by atoms with Crippen molar-refractivity contribution >= 4 is 28.3 Å². The number of esters is 1. The van der Waals surface area contributed by atoms with Gasteiger partial charge >= 0.3 is 22.4 Å². The summed E-state index contributed by atoms with van der Waals surface area (Å²) in [5.41, 5.74) is 4.64. The van der Waals surface area contributed by atoms with E-state index in [9.17, 15) is 22.8 Å². The Hall–Kier alpha value is -1.92. The number of hydrogen-bond donors (Lipinski definition) is 1. The predicted molar refractivity (Wildman–Crippen MR) is 95.6 cm³/mol. The van der Waals surface area contributed by atoms with Crippen LogP contribution < -0.4 is 5.73 Å². The monoisotopic (exact) mass is 421 g/mol. The summed E-state index contributed by atoms with van der Waals surface area (Å²) >= 11 is 0. The summed E-state index contributed by atoms with van der Waals surface area (Å²) in [6, 6.07) is -2.01. The maximum absolute atomic E-state index is 12.4. The molecule has 160 valence electrons. The highest BCUT2D eigenvalue weighted by atomic mass is 32.3. The number of nitrogens with two attached hydrogens (primary N) is 1. The molecule has 0 aromatic carbocycles. The summed E-state index contributed by atoms with van der Waals surface area (Å²) < 4.78 is 39.0. The average Bonchev–Trinajstić information content (AvgIpc) is 2.83. The van der Waals surface area contributed by atoms with Gasteiger partial charge in [-0.3, -0.25) is 9.59 Å². The van der Waals surface area contributed by atoms with E-state index in [1.807, 2.05) is 0 Å². The van der Waals surface area contributed by atoms with Gasteiger partial charge in [-0.25, -0.2) is 8.98 Å². The van der Waals surface area contributed by atoms with Crippen LogP contribution in [0.5, 0.6) is 0 Å². The zero-order valence-corrected chi connectivity index (χ0v) is 17.1. The third kappa shape index (κ3) is 5.55. The second-order valence-electron chi connectivity index (χ2n) is 7.62. The highest BCUT2D eigenvalue weighted by molar-refractivity contribution is 7.81. The molecule has 2 atom stereocenters. The number of nitrogens with zero attached hydrogens (tertiary/aromatic N) is 2. The van der Waals surface area contributed by atoms with Gasteiger partial charge < -0.3 is 15.4 Å². The number of piperidine rings is 1. The fourth-order valence-electron chi connectivity index (χ4n) is 3.12. The largest absolute Gasteiger partial charge is 0.466 e. The molecule has 2 fully saturated rings. The summed E-state index contributed by atoms with van der Waals surface area (Å²) in [5.74, 6) is -1.02. The van der Waals surface area contributed by atoms with Gasteiger partial charge in [0.1, 0.15) is 6.04 Å². The molecular formula is C16H27N3O8S. The van der Waals surface area contributed by atoms with Crippen molar-refractivity contribution in [2.24, 2.45) is 11.1 Å². The van der Waals surface area contributed by atoms with Gasteiger partial charge in [-0.05, 0) is 31.6 Å². The Kier molecular flexibility index (Phi) is 6.88. The maximum atomic E-state index is 12.4. The van der Waals surface area contributed by atoms with Crippen molar-refractivity contribution in [2.45, 2.75) is 58.5 Å². The minimum atomic E-state index is -4.51. The molecule has 11 nitrogen and oxygen atoms in total. The number of carbonyl (C=O) groups is 3. The van der Waals surface area contributed by atoms with Crippen LogP contribution in [-0.4, -0.2) is 68.1 Å². The highest BCUT2D eigenvalue weighted by Gasteiger charge is 2.49. The Morgan fingerprint density at radius 2 is 1.96 bits per heavy atom. The first-order valence-corrected chi connectivity index (χ1v) is 10.4. The number of hydrogen-bond acceptors (Lipinski definition) is 8. The van der Waals surface area contributed by atoms with Crippen LogP contribution in [0, 0.1) is 5.41 Å². The fraction of sp³-hybridized carbons (Fsp3) is 0.812. The summed E-state index contributed by atoms with van der Waals surface area (Å²) in [6.07, 6.45) is 1.20. The Balaban J connectivity index is 1.91. The summed E-state index contributed by atoms with van der Waals surface area (Å²) in [4.78, 5) is 36.5. The minimum Gasteiger partial charge on any atom is -0.466 e. The van der Waals surface area contributed by atoms with Crippen LogP contribution >= 0.6 is 0 Å². The van der Waals surface area contributed by atoms with Gasteiger partial charge in [0.15, 0.2) is 0 Å². The molecular weight excluding hydrogens is 394 g/mol. The highest BCUT2D eigenvalue weighted by Crippen LogP contribution is 2.31. The summed E-state index contributed by atoms with van der Waals surface area (Å²) in [7, 11) is -4.51. The van der Waals surface area contributed by atoms with E-state index in [0.717, 1.165) is 5.06 Å². The smallest absolute Gasteiger partial charge is 0.421 e. The molecule has 3 amide bonds. The number of carbonyl (C=O) groups excluding carboxylic acids is 3. The Morgan fingerprint density at radius 3 is 2.57 bits per heavy atom. The van der Waals surface area contributed by atoms with Crippen molar-refractivity contribution in [1.29, 1.82) is 0 Å². The van der Waals surface area contributed by atoms with E-state index in [1.54, 1.807) is 20.8 Å². The van der Waals surface area contributed by atoms with E-state index in [1.165, 1.54) is 4.90 Å². The van der Waals surface area contributed by atoms with Crippen LogP contribution in [0.1, 0.15) is 46.5 Å². The number of ether oxygens (including phenoxy) is 1. The third-order valence-electron chi connectivity index (χ3n) is 4.73. The molecule has 12 heteroatoms. The molecule has 0 spiro atoms. The quantitative estimate of drug-likeness (QED) is 0.496. The second-order valence-corrected chi connectivity index (χ2v) is 8.83. The number of amides is 3. The first kappa shape index (κ1) is 22.4. The zero-order valence-electron chi connectivity index (χ0n) is 16.3. The molecule has 2 N–H and O–H groups in total. The van der Waals surface area contributed by atoms with Gasteiger partial charge in [0.2, 0.25) is 5.91 Å². The molecule has 2 rings (SSSR count). The molecule has 0 radical (unpaired) electrons. The lowest BCUT2D eigenvalue weighted by molar-refractivity contribution is -0.143. The third-order valence-corrected chi connectivity index (χ3v) is 5.48. The first-order valence-electron chi connectivity index (χ1n) is 9.09. The molecule has 2 bridgehead atoms. The van der Waals surface area contributed by atoms with Crippen LogP contribution in [0.15, 0.2) is 0 Å². The zero-order chi connectivity index (χ0) is 21.1. The van der Waals surface area contributed by atoms with E-state index in [0.29, 0.717) is 19.3 Å². The van der Waals surface area contributed by atoms with Crippen LogP contribution in [-0.2, 0) is 33.2 Å². The van der Waals surface area contributed by atoms with E-state index in [2.05, 4.69) is 0 Å². The molecule has 0 aromatic rings. The number of primary amides is 1. The minimum absolute atomic E-state index is 0.126. The van der Waals surface area contributed by atoms with Gasteiger partial charge in [-0.15, -0.1) is 4.28 Å². The van der Waals surface area contributed by atoms with Crippen molar-refractivity contribution in [3.8, 4) is 0 Å². The van der Waals surface area contributed by atoms with Gasteiger partial charge in [-0.2, -0.15) is 13.5 Å². The number of fused-ring (bicyclic) bond motifs is 2. The predicted octanol–water partition coefficient (Wildman–Crippen LogP) is 0.303. The maximum Gasteiger partial charge on any atom is 0.421 e. The Labute approximate surface area is 164 Å². The fourth-order valence-corrected chi connectivity index (χ4v) is 4.01. The van der Waals surface area contributed by atoms with Gasteiger partial charge in [0, 0.05) is 13.0 Å². The molecule has 2 aliphatic rings. The number of hydroxylamine groups is 2. The molecule has 0 aliphatic carbocycles. The first-order chi connectivity index (χ1) is 13.0. The van der Waals surface area contributed by atoms with Crippen molar-refractivity contribution in [1.82, 2.24) is 9.96 Å². The van der Waals surface area contributed by atoms with Crippen molar-refractivity contribution in [3.63, 3.8) is 0 Å². The SMILES string of the molecule is CCOC(=O)CCC(C)(C)COS(=O)(=O)ON1C(=O)N2CC1CCC2C(N)=O. The summed E-state index contributed by atoms with van der Waals surface area (Å²) in [6.45, 7) is 5.36. The second kappa shape index (κ2) is 8.62. The van der Waals surface area contributed by atoms with Crippen LogP contribution in [0.25, 0.3) is 0 Å². The van der Waals surface area contributed by atoms with Gasteiger partial charge in [0.25, 0.3) is 0 Å².